The zero-order valence-corrected chi connectivity index (χ0v) is 17.3. The van der Waals surface area contributed by atoms with Crippen LogP contribution in [0.1, 0.15) is 25.7 Å². The Labute approximate surface area is 197 Å². The van der Waals surface area contributed by atoms with E-state index in [-0.39, 0.29) is 55.0 Å². The molecule has 186 valence electrons. The third-order valence-corrected chi connectivity index (χ3v) is 2.57. The molecule has 0 saturated heterocycles. The molecule has 10 N–H and O–H groups in total. The van der Waals surface area contributed by atoms with Crippen molar-refractivity contribution in [2.24, 2.45) is 0 Å². The summed E-state index contributed by atoms with van der Waals surface area (Å²) in [6, 6.07) is 0. The minimum absolute atomic E-state index is 0. The average Bonchev–Trinajstić information content (AvgIpc) is 2.34. The van der Waals surface area contributed by atoms with Gasteiger partial charge in [0.25, 0.3) is 0 Å². The minimum Gasteiger partial charge on any atom is -0.481 e. The molecule has 0 unspecified atom stereocenters. The van der Waals surface area contributed by atoms with Crippen LogP contribution in [0.5, 0.6) is 0 Å². The van der Waals surface area contributed by atoms with Crippen LogP contribution in [0.2, 0.25) is 0 Å². The van der Waals surface area contributed by atoms with E-state index in [1.807, 2.05) is 0 Å². The summed E-state index contributed by atoms with van der Waals surface area (Å²) in [7, 11) is 0. The third-order valence-electron chi connectivity index (χ3n) is 2.57. The van der Waals surface area contributed by atoms with Crippen molar-refractivity contribution >= 4 is 35.8 Å². The Bertz CT molecular complexity index is 522. The van der Waals surface area contributed by atoms with Gasteiger partial charge in [0.15, 0.2) is 11.2 Å². The van der Waals surface area contributed by atoms with Crippen molar-refractivity contribution in [2.75, 3.05) is 0 Å². The van der Waals surface area contributed by atoms with Gasteiger partial charge in [-0.1, -0.05) is 0 Å². The van der Waals surface area contributed by atoms with Crippen molar-refractivity contribution in [1.82, 2.24) is 0 Å². The van der Waals surface area contributed by atoms with Gasteiger partial charge in [0.1, 0.15) is 0 Å². The second kappa shape index (κ2) is 18.0. The van der Waals surface area contributed by atoms with E-state index in [4.69, 9.17) is 40.9 Å². The molecule has 0 amide bonds. The van der Waals surface area contributed by atoms with E-state index in [1.165, 1.54) is 0 Å². The molecule has 0 aromatic rings. The number of rotatable bonds is 10. The normalized spacial score (nSPS) is 9.40. The van der Waals surface area contributed by atoms with Gasteiger partial charge in [-0.05, 0) is 0 Å². The summed E-state index contributed by atoms with van der Waals surface area (Å²) in [5, 5.41) is 67.6. The van der Waals surface area contributed by atoms with Crippen LogP contribution in [0.4, 0.5) is 0 Å². The van der Waals surface area contributed by atoms with Crippen molar-refractivity contribution in [3.8, 4) is 0 Å². The molecule has 0 saturated carbocycles. The van der Waals surface area contributed by atoms with Crippen LogP contribution >= 0.6 is 0 Å². The van der Waals surface area contributed by atoms with Crippen LogP contribution in [0.15, 0.2) is 0 Å². The van der Waals surface area contributed by atoms with E-state index >= 15 is 0 Å². The van der Waals surface area contributed by atoms with E-state index in [0.717, 1.165) is 0 Å². The molecule has 0 spiro atoms. The van der Waals surface area contributed by atoms with Gasteiger partial charge in [-0.25, -0.2) is 9.59 Å². The molecule has 0 aliphatic carbocycles. The fraction of sp³-hybridized carbons (Fsp3) is 0.500. The van der Waals surface area contributed by atoms with Gasteiger partial charge >= 0.3 is 35.8 Å². The van der Waals surface area contributed by atoms with Gasteiger partial charge in [0, 0.05) is 49.5 Å². The topological polar surface area (TPSA) is 296 Å². The molecule has 0 aliphatic heterocycles. The summed E-state index contributed by atoms with van der Waals surface area (Å²) < 4.78 is 0. The van der Waals surface area contributed by atoms with Crippen molar-refractivity contribution in [3.63, 3.8) is 0 Å². The first kappa shape index (κ1) is 42.3. The molecule has 0 aromatic carbocycles. The zero-order valence-electron chi connectivity index (χ0n) is 14.3. The molecule has 18 heteroatoms. The fourth-order valence-corrected chi connectivity index (χ4v) is 1.43. The van der Waals surface area contributed by atoms with Gasteiger partial charge in [-0.2, -0.15) is 0 Å². The van der Waals surface area contributed by atoms with Crippen LogP contribution in [0.3, 0.4) is 0 Å². The van der Waals surface area contributed by atoms with Crippen molar-refractivity contribution < 1.29 is 125 Å². The van der Waals surface area contributed by atoms with E-state index in [2.05, 4.69) is 0 Å². The minimum atomic E-state index is -2.74. The Morgan fingerprint density at radius 2 is 0.600 bits per heavy atom. The summed E-state index contributed by atoms with van der Waals surface area (Å²) in [5.74, 6) is -10.0. The van der Waals surface area contributed by atoms with E-state index in [0.29, 0.717) is 0 Å². The number of carboxylic acids is 6. The van der Waals surface area contributed by atoms with Crippen LogP contribution < -0.4 is 0 Å². The summed E-state index contributed by atoms with van der Waals surface area (Å²) in [6.07, 6.45) is -4.58. The van der Waals surface area contributed by atoms with Gasteiger partial charge in [0.2, 0.25) is 0 Å². The van der Waals surface area contributed by atoms with E-state index in [9.17, 15) is 28.8 Å². The van der Waals surface area contributed by atoms with Crippen molar-refractivity contribution in [3.05, 3.63) is 0 Å². The SMILES string of the molecule is O.O=C(O)CC(O)(CC(=O)O)C(=O)O.O=C(O)CC(O)(CC(=O)O)C(=O)O.[Ni].[Ni].[Ni]. The van der Waals surface area contributed by atoms with Gasteiger partial charge in [-0.3, -0.25) is 19.2 Å². The third kappa shape index (κ3) is 18.2. The predicted molar refractivity (Wildman–Crippen MR) is 77.8 cm³/mol. The monoisotopic (exact) mass is 576 g/mol. The molecule has 30 heavy (non-hydrogen) atoms. The zero-order chi connectivity index (χ0) is 21.3. The second-order valence-electron chi connectivity index (χ2n) is 4.96. The molecule has 0 aliphatic rings. The Morgan fingerprint density at radius 1 is 0.467 bits per heavy atom. The molecule has 0 bridgehead atoms. The van der Waals surface area contributed by atoms with Gasteiger partial charge in [-0.15, -0.1) is 0 Å². The fourth-order valence-electron chi connectivity index (χ4n) is 1.43. The molecular weight excluding hydrogens is 560 g/mol. The Hall–Kier alpha value is -1.82. The van der Waals surface area contributed by atoms with Crippen LogP contribution in [-0.2, 0) is 78.2 Å². The average molecular weight is 578 g/mol. The summed E-state index contributed by atoms with van der Waals surface area (Å²) in [5.41, 5.74) is -5.48. The molecule has 0 aromatic heterocycles. The van der Waals surface area contributed by atoms with Crippen molar-refractivity contribution in [1.29, 1.82) is 0 Å². The first-order valence-electron chi connectivity index (χ1n) is 6.34. The Kier molecular flexibility index (Phi) is 25.4. The van der Waals surface area contributed by atoms with Crippen LogP contribution in [0, 0.1) is 0 Å². The maximum Gasteiger partial charge on any atom is 0.336 e. The van der Waals surface area contributed by atoms with Crippen LogP contribution in [0.25, 0.3) is 0 Å². The second-order valence-corrected chi connectivity index (χ2v) is 4.96. The molecule has 15 nitrogen and oxygen atoms in total. The van der Waals surface area contributed by atoms with Gasteiger partial charge < -0.3 is 46.3 Å². The predicted octanol–water partition coefficient (Wildman–Crippen LogP) is -3.33. The number of carboxylic acid groups (broad SMARTS) is 6. The van der Waals surface area contributed by atoms with Crippen molar-refractivity contribution in [2.45, 2.75) is 36.9 Å². The molecule has 0 atom stereocenters. The van der Waals surface area contributed by atoms with E-state index < -0.39 is 72.7 Å². The molecule has 0 rings (SSSR count). The Balaban J connectivity index is -0.0000000847. The Morgan fingerprint density at radius 3 is 0.667 bits per heavy atom. The standard InChI is InChI=1S/2C6H8O7.3Ni.H2O/c2*7-3(8)1-6(13,5(11)12)2-4(9)10;;;;/h2*13H,1-2H2,(H,7,8)(H,9,10)(H,11,12);;;;1H2. The summed E-state index contributed by atoms with van der Waals surface area (Å²) in [6.45, 7) is 0. The molecular formula is C12H18Ni3O15. The molecule has 0 heterocycles. The number of aliphatic carboxylic acids is 6. The first-order chi connectivity index (χ1) is 11.6. The maximum absolute atomic E-state index is 10.3. The van der Waals surface area contributed by atoms with Crippen LogP contribution in [-0.4, -0.2) is 93.3 Å². The number of carbonyl (C=O) groups is 6. The summed E-state index contributed by atoms with van der Waals surface area (Å²) >= 11 is 0. The first-order valence-corrected chi connectivity index (χ1v) is 6.34. The molecule has 0 radical (unpaired) electrons. The smallest absolute Gasteiger partial charge is 0.336 e. The largest absolute Gasteiger partial charge is 0.481 e. The summed E-state index contributed by atoms with van der Waals surface area (Å²) in [4.78, 5) is 61.0. The van der Waals surface area contributed by atoms with Gasteiger partial charge in [0.05, 0.1) is 25.7 Å². The number of hydrogen-bond donors (Lipinski definition) is 8. The number of aliphatic hydroxyl groups is 2. The van der Waals surface area contributed by atoms with E-state index in [1.54, 1.807) is 0 Å². The number of hydrogen-bond acceptors (Lipinski definition) is 8. The quantitative estimate of drug-likeness (QED) is 0.118. The maximum atomic E-state index is 10.3. The molecule has 0 fully saturated rings.